The van der Waals surface area contributed by atoms with Crippen LogP contribution in [-0.4, -0.2) is 95.9 Å². The Hall–Kier alpha value is -4.83. The number of phosphoric ester groups is 2. The van der Waals surface area contributed by atoms with Crippen molar-refractivity contribution >= 4 is 33.6 Å². The van der Waals surface area contributed by atoms with Crippen LogP contribution in [-0.2, 0) is 55.8 Å². The van der Waals surface area contributed by atoms with Crippen LogP contribution >= 0.6 is 15.6 Å². The fraction of sp³-hybridized carbons (Fsp3) is 0.713. The van der Waals surface area contributed by atoms with E-state index < -0.39 is 91.5 Å². The molecule has 4 N–H and O–H groups in total. The first kappa shape index (κ1) is 114. The van der Waals surface area contributed by atoms with Gasteiger partial charge in [-0.05, 0) is 154 Å². The van der Waals surface area contributed by atoms with Gasteiger partial charge < -0.3 is 34.2 Å². The van der Waals surface area contributed by atoms with E-state index in [0.717, 1.165) is 154 Å². The number of unbranched alkanes of at least 4 members (excludes halogenated alkanes) is 41. The molecular weight excluding hydrogens is 1530 g/mol. The Balaban J connectivity index is 4.62. The number of hydrogen-bond acceptors (Lipinski definition) is 14. The van der Waals surface area contributed by atoms with Gasteiger partial charge in [0.15, 0.2) is 6.10 Å². The van der Waals surface area contributed by atoms with Crippen LogP contribution in [0.2, 0.25) is 0 Å². The molecule has 0 aromatic rings. The molecule has 0 aromatic carbocycles. The van der Waals surface area contributed by atoms with Gasteiger partial charge in [0.1, 0.15) is 25.4 Å². The summed E-state index contributed by atoms with van der Waals surface area (Å²) in [6, 6.07) is 0. The summed E-state index contributed by atoms with van der Waals surface area (Å²) < 4.78 is 61.6. The van der Waals surface area contributed by atoms with Crippen molar-refractivity contribution in [3.05, 3.63) is 158 Å². The summed E-state index contributed by atoms with van der Waals surface area (Å²) in [7, 11) is -9.82. The van der Waals surface area contributed by atoms with Gasteiger partial charge in [-0.1, -0.05) is 391 Å². The van der Waals surface area contributed by atoms with Gasteiger partial charge in [-0.2, -0.15) is 0 Å². The van der Waals surface area contributed by atoms with E-state index in [9.17, 15) is 43.5 Å². The van der Waals surface area contributed by atoms with Gasteiger partial charge in [-0.25, -0.2) is 9.13 Å². The molecule has 0 bridgehead atoms. The lowest BCUT2D eigenvalue weighted by molar-refractivity contribution is -0.161. The van der Waals surface area contributed by atoms with Gasteiger partial charge in [0.2, 0.25) is 0 Å². The molecule has 0 radical (unpaired) electrons. The van der Waals surface area contributed by atoms with Gasteiger partial charge in [0.25, 0.3) is 0 Å². The quantitative estimate of drug-likeness (QED) is 0.0146. The third-order valence-corrected chi connectivity index (χ3v) is 22.1. The lowest BCUT2D eigenvalue weighted by Gasteiger charge is -2.21. The zero-order valence-corrected chi connectivity index (χ0v) is 77.3. The summed E-state index contributed by atoms with van der Waals surface area (Å²) in [5, 5.41) is 20.8. The predicted octanol–water partition coefficient (Wildman–Crippen LogP) is 29.7. The standard InChI is InChI=1S/C101H174O16P2/c1-4-7-10-13-16-19-22-25-28-31-34-37-40-43-45-46-47-48-50-53-54-57-60-63-66-69-72-75-78-81-84-87-99(104)111-90-96(102)91-113-118(107,108)114-92-97(103)93-115-119(109,110)116-95-98(117-101(106)89-86-83-80-77-74-71-68-65-62-59-56-51-42-39-36-33-30-27-24-21-18-15-12-9-6-3)94-112-100(105)88-85-82-79-76-73-70-67-64-61-58-55-52-49-44-41-38-35-32-29-26-23-20-17-14-11-8-5-2/h9,12,16-21,25-30,34-39,43-45,49,51,56,96-98,102-103H,4-8,10-11,13-15,22-24,31-33,40-42,46-48,50,52-55,57-95H2,1-3H3,(H,107,108)(H,109,110)/b12-9-,19-16-,20-17-,21-18-,28-25-,29-26-,30-27-,37-34-,38-35-,39-36-,45-43-,49-44-,56-51-. The molecule has 0 saturated carbocycles. The number of hydrogen-bond donors (Lipinski definition) is 4. The molecule has 0 saturated heterocycles. The summed E-state index contributed by atoms with van der Waals surface area (Å²) in [6.45, 7) is 2.56. The van der Waals surface area contributed by atoms with E-state index >= 15 is 0 Å². The third kappa shape index (κ3) is 93.7. The van der Waals surface area contributed by atoms with Crippen molar-refractivity contribution in [2.24, 2.45) is 0 Å². The molecule has 684 valence electrons. The zero-order valence-electron chi connectivity index (χ0n) is 75.5. The van der Waals surface area contributed by atoms with E-state index in [1.54, 1.807) is 0 Å². The van der Waals surface area contributed by atoms with E-state index in [-0.39, 0.29) is 19.3 Å². The van der Waals surface area contributed by atoms with E-state index in [2.05, 4.69) is 179 Å². The van der Waals surface area contributed by atoms with Crippen molar-refractivity contribution in [3.63, 3.8) is 0 Å². The zero-order chi connectivity index (χ0) is 86.5. The lowest BCUT2D eigenvalue weighted by Crippen LogP contribution is -2.30. The number of allylic oxidation sites excluding steroid dienone is 26. The summed E-state index contributed by atoms with van der Waals surface area (Å²) in [5.41, 5.74) is 0. The van der Waals surface area contributed by atoms with Crippen molar-refractivity contribution in [1.29, 1.82) is 0 Å². The Morgan fingerprint density at radius 2 is 0.445 bits per heavy atom. The highest BCUT2D eigenvalue weighted by atomic mass is 31.2. The van der Waals surface area contributed by atoms with Crippen LogP contribution in [0.4, 0.5) is 0 Å². The van der Waals surface area contributed by atoms with E-state index in [1.165, 1.54) is 193 Å². The second-order valence-corrected chi connectivity index (χ2v) is 34.7. The monoisotopic (exact) mass is 1710 g/mol. The van der Waals surface area contributed by atoms with Gasteiger partial charge in [-0.3, -0.25) is 32.5 Å². The van der Waals surface area contributed by atoms with Crippen LogP contribution in [0, 0.1) is 0 Å². The van der Waals surface area contributed by atoms with E-state index in [4.69, 9.17) is 32.3 Å². The van der Waals surface area contributed by atoms with E-state index in [0.29, 0.717) is 19.3 Å². The van der Waals surface area contributed by atoms with Crippen LogP contribution in [0.3, 0.4) is 0 Å². The minimum Gasteiger partial charge on any atom is -0.463 e. The van der Waals surface area contributed by atoms with Crippen molar-refractivity contribution < 1.29 is 75.8 Å². The average molecular weight is 1710 g/mol. The van der Waals surface area contributed by atoms with Crippen LogP contribution in [0.5, 0.6) is 0 Å². The normalized spacial score (nSPS) is 14.4. The Labute approximate surface area is 727 Å². The summed E-state index contributed by atoms with van der Waals surface area (Å²) in [5.74, 6) is -1.57. The largest absolute Gasteiger partial charge is 0.472 e. The minimum atomic E-state index is -4.95. The maximum atomic E-state index is 13.1. The number of ether oxygens (including phenoxy) is 3. The third-order valence-electron chi connectivity index (χ3n) is 20.2. The second kappa shape index (κ2) is 92.4. The van der Waals surface area contributed by atoms with Gasteiger partial charge >= 0.3 is 33.6 Å². The molecule has 119 heavy (non-hydrogen) atoms. The summed E-state index contributed by atoms with van der Waals surface area (Å²) >= 11 is 0. The van der Waals surface area contributed by atoms with Crippen molar-refractivity contribution in [2.45, 2.75) is 424 Å². The van der Waals surface area contributed by atoms with Crippen molar-refractivity contribution in [3.8, 4) is 0 Å². The first-order valence-corrected chi connectivity index (χ1v) is 50.8. The SMILES string of the molecule is CC/C=C\C/C=C\C/C=C\C/C=C\C/C=C\CCCCCCCCCCCC(=O)OC(COC(=O)CCCCCCCCCCCCC/C=C\C/C=C\C/C=C\C/C=C\CCCCC)COP(=O)(O)OCC(O)COP(=O)(O)OCC(O)COC(=O)CCCCCCCCCCCCCCCCC/C=C\C/C=C\C/C=C\C/C=C\CCCCC. The molecule has 0 aliphatic heterocycles. The first-order valence-electron chi connectivity index (χ1n) is 47.8. The number of phosphoric acid groups is 2. The molecule has 0 fully saturated rings. The molecule has 5 atom stereocenters. The number of rotatable bonds is 90. The highest BCUT2D eigenvalue weighted by molar-refractivity contribution is 7.47. The Morgan fingerprint density at radius 3 is 0.706 bits per heavy atom. The summed E-state index contributed by atoms with van der Waals surface area (Å²) in [6.07, 6.45) is 119. The molecule has 0 heterocycles. The predicted molar refractivity (Wildman–Crippen MR) is 500 cm³/mol. The van der Waals surface area contributed by atoms with Crippen LogP contribution in [0.15, 0.2) is 158 Å². The molecular formula is C101H174O16P2. The molecule has 18 heteroatoms. The number of aliphatic hydroxyl groups excluding tert-OH is 2. The second-order valence-electron chi connectivity index (χ2n) is 31.8. The summed E-state index contributed by atoms with van der Waals surface area (Å²) in [4.78, 5) is 59.1. The van der Waals surface area contributed by atoms with Gasteiger partial charge in [-0.15, -0.1) is 0 Å². The van der Waals surface area contributed by atoms with Gasteiger partial charge in [0, 0.05) is 19.3 Å². The fourth-order valence-corrected chi connectivity index (χ4v) is 14.6. The molecule has 16 nitrogen and oxygen atoms in total. The molecule has 5 unspecified atom stereocenters. The number of carbonyl (C=O) groups excluding carboxylic acids is 3. The van der Waals surface area contributed by atoms with Crippen molar-refractivity contribution in [1.82, 2.24) is 0 Å². The molecule has 0 aliphatic carbocycles. The van der Waals surface area contributed by atoms with E-state index in [1.807, 2.05) is 0 Å². The molecule has 0 rings (SSSR count). The molecule has 0 amide bonds. The Kier molecular flexibility index (Phi) is 88.6. The average Bonchev–Trinajstić information content (AvgIpc) is 0.905. The molecule has 0 aromatic heterocycles. The maximum Gasteiger partial charge on any atom is 0.472 e. The number of esters is 3. The van der Waals surface area contributed by atoms with Crippen LogP contribution in [0.25, 0.3) is 0 Å². The first-order chi connectivity index (χ1) is 58.2. The highest BCUT2D eigenvalue weighted by Crippen LogP contribution is 2.45. The molecule has 0 spiro atoms. The smallest absolute Gasteiger partial charge is 0.463 e. The minimum absolute atomic E-state index is 0.0926. The topological polar surface area (TPSA) is 231 Å². The van der Waals surface area contributed by atoms with Crippen LogP contribution in [0.1, 0.15) is 406 Å². The van der Waals surface area contributed by atoms with Gasteiger partial charge in [0.05, 0.1) is 26.4 Å². The Morgan fingerprint density at radius 1 is 0.244 bits per heavy atom. The lowest BCUT2D eigenvalue weighted by atomic mass is 10.0. The number of carbonyl (C=O) groups is 3. The highest BCUT2D eigenvalue weighted by Gasteiger charge is 2.30. The van der Waals surface area contributed by atoms with Crippen molar-refractivity contribution in [2.75, 3.05) is 39.6 Å². The molecule has 0 aliphatic rings. The maximum absolute atomic E-state index is 13.1. The fourth-order valence-electron chi connectivity index (χ4n) is 13.0. The number of aliphatic hydroxyl groups is 2. The van der Waals surface area contributed by atoms with Crippen LogP contribution < -0.4 is 0 Å². The Bertz CT molecular complexity index is 2790.